The maximum atomic E-state index is 12.0. The van der Waals surface area contributed by atoms with Crippen LogP contribution in [0.5, 0.6) is 0 Å². The van der Waals surface area contributed by atoms with Gasteiger partial charge in [0.25, 0.3) is 0 Å². The fourth-order valence-corrected chi connectivity index (χ4v) is 2.96. The monoisotopic (exact) mass is 404 g/mol. The minimum Gasteiger partial charge on any atom is -0.466 e. The van der Waals surface area contributed by atoms with E-state index in [1.54, 1.807) is 24.5 Å². The Morgan fingerprint density at radius 2 is 2.10 bits per heavy atom. The van der Waals surface area contributed by atoms with Crippen LogP contribution in [0.2, 0.25) is 0 Å². The molecule has 0 spiro atoms. The van der Waals surface area contributed by atoms with Crippen LogP contribution in [0.1, 0.15) is 41.7 Å². The van der Waals surface area contributed by atoms with Gasteiger partial charge in [-0.2, -0.15) is 0 Å². The Hall–Kier alpha value is -3.88. The number of rotatable bonds is 6. The van der Waals surface area contributed by atoms with E-state index in [1.165, 1.54) is 24.8 Å². The molecule has 1 fully saturated rings. The van der Waals surface area contributed by atoms with E-state index in [4.69, 9.17) is 0 Å². The molecule has 0 bridgehead atoms. The van der Waals surface area contributed by atoms with E-state index < -0.39 is 5.97 Å². The highest BCUT2D eigenvalue weighted by Crippen LogP contribution is 2.41. The number of anilines is 2. The number of hydrogen-bond donors (Lipinski definition) is 1. The average Bonchev–Trinajstić information content (AvgIpc) is 3.52. The molecule has 0 atom stereocenters. The summed E-state index contributed by atoms with van der Waals surface area (Å²) in [5, 5.41) is 7.54. The molecule has 1 saturated carbocycles. The Balaban J connectivity index is 1.72. The van der Waals surface area contributed by atoms with Crippen molar-refractivity contribution in [2.45, 2.75) is 25.7 Å². The van der Waals surface area contributed by atoms with Crippen LogP contribution < -0.4 is 5.32 Å². The molecule has 30 heavy (non-hydrogen) atoms. The zero-order valence-electron chi connectivity index (χ0n) is 16.6. The van der Waals surface area contributed by atoms with Crippen LogP contribution in [-0.4, -0.2) is 43.7 Å². The van der Waals surface area contributed by atoms with Crippen molar-refractivity contribution in [3.8, 4) is 11.5 Å². The SMILES string of the molecule is COC(=O)/C=C/c1cnc(-c2ccccn2)nc1Nc1cc(C2CC2)n(C(C)=O)n1. The summed E-state index contributed by atoms with van der Waals surface area (Å²) in [4.78, 5) is 36.7. The van der Waals surface area contributed by atoms with E-state index in [-0.39, 0.29) is 5.91 Å². The summed E-state index contributed by atoms with van der Waals surface area (Å²) in [5.41, 5.74) is 2.05. The van der Waals surface area contributed by atoms with Crippen molar-refractivity contribution >= 4 is 29.6 Å². The summed E-state index contributed by atoms with van der Waals surface area (Å²) in [5.74, 6) is 1.05. The van der Waals surface area contributed by atoms with Gasteiger partial charge in [0.1, 0.15) is 11.5 Å². The highest BCUT2D eigenvalue weighted by molar-refractivity contribution is 5.88. The van der Waals surface area contributed by atoms with Crippen LogP contribution in [-0.2, 0) is 9.53 Å². The van der Waals surface area contributed by atoms with Gasteiger partial charge in [-0.3, -0.25) is 9.78 Å². The number of hydrogen-bond acceptors (Lipinski definition) is 8. The first kappa shape index (κ1) is 19.4. The van der Waals surface area contributed by atoms with Gasteiger partial charge in [-0.1, -0.05) is 6.07 Å². The molecule has 1 aliphatic carbocycles. The lowest BCUT2D eigenvalue weighted by Gasteiger charge is -2.08. The minimum absolute atomic E-state index is 0.146. The molecule has 0 aliphatic heterocycles. The second kappa shape index (κ2) is 8.24. The number of nitrogens with one attached hydrogen (secondary N) is 1. The van der Waals surface area contributed by atoms with Gasteiger partial charge in [0.2, 0.25) is 5.91 Å². The van der Waals surface area contributed by atoms with Crippen molar-refractivity contribution in [3.63, 3.8) is 0 Å². The van der Waals surface area contributed by atoms with Crippen molar-refractivity contribution in [2.24, 2.45) is 0 Å². The first-order valence-electron chi connectivity index (χ1n) is 9.47. The van der Waals surface area contributed by atoms with E-state index in [1.807, 2.05) is 18.2 Å². The van der Waals surface area contributed by atoms with Crippen molar-refractivity contribution in [1.82, 2.24) is 24.7 Å². The highest BCUT2D eigenvalue weighted by atomic mass is 16.5. The standard InChI is InChI=1S/C21H20N6O3/c1-13(28)27-17(14-6-7-14)11-18(26-27)24-20-15(8-9-19(29)30-2)12-23-21(25-20)16-5-3-4-10-22-16/h3-5,8-12,14H,6-7H2,1-2H3,(H,23,24,25,26)/b9-8+. The number of carbonyl (C=O) groups is 2. The highest BCUT2D eigenvalue weighted by Gasteiger charge is 2.29. The largest absolute Gasteiger partial charge is 0.466 e. The molecule has 0 saturated heterocycles. The number of carbonyl (C=O) groups excluding carboxylic acids is 2. The molecule has 0 radical (unpaired) electrons. The molecule has 0 aromatic carbocycles. The number of nitrogens with zero attached hydrogens (tertiary/aromatic N) is 5. The average molecular weight is 404 g/mol. The molecule has 0 amide bonds. The summed E-state index contributed by atoms with van der Waals surface area (Å²) in [6, 6.07) is 7.32. The molecular weight excluding hydrogens is 384 g/mol. The summed E-state index contributed by atoms with van der Waals surface area (Å²) in [6.07, 6.45) is 8.18. The molecular formula is C21H20N6O3. The van der Waals surface area contributed by atoms with Crippen molar-refractivity contribution in [3.05, 3.63) is 54.0 Å². The molecule has 4 rings (SSSR count). The lowest BCUT2D eigenvalue weighted by atomic mass is 10.2. The molecule has 3 aromatic rings. The van der Waals surface area contributed by atoms with Crippen molar-refractivity contribution in [1.29, 1.82) is 0 Å². The summed E-state index contributed by atoms with van der Waals surface area (Å²) in [7, 11) is 1.31. The molecule has 152 valence electrons. The number of methoxy groups -OCH3 is 1. The van der Waals surface area contributed by atoms with Gasteiger partial charge in [-0.05, 0) is 31.1 Å². The van der Waals surface area contributed by atoms with Crippen LogP contribution in [0.3, 0.4) is 0 Å². The molecule has 3 heterocycles. The van der Waals surface area contributed by atoms with E-state index in [9.17, 15) is 9.59 Å². The Morgan fingerprint density at radius 1 is 1.27 bits per heavy atom. The number of pyridine rings is 1. The van der Waals surface area contributed by atoms with Crippen LogP contribution in [0, 0.1) is 0 Å². The van der Waals surface area contributed by atoms with Gasteiger partial charge in [0, 0.05) is 42.9 Å². The van der Waals surface area contributed by atoms with Gasteiger partial charge in [0.05, 0.1) is 12.8 Å². The van der Waals surface area contributed by atoms with Crippen LogP contribution in [0.4, 0.5) is 11.6 Å². The van der Waals surface area contributed by atoms with E-state index in [0.29, 0.717) is 34.6 Å². The first-order valence-corrected chi connectivity index (χ1v) is 9.47. The molecule has 3 aromatic heterocycles. The topological polar surface area (TPSA) is 112 Å². The van der Waals surface area contributed by atoms with Gasteiger partial charge in [-0.25, -0.2) is 19.4 Å². The number of aromatic nitrogens is 5. The molecule has 9 heteroatoms. The zero-order chi connectivity index (χ0) is 21.1. The summed E-state index contributed by atoms with van der Waals surface area (Å²) < 4.78 is 6.07. The maximum absolute atomic E-state index is 12.0. The predicted octanol–water partition coefficient (Wildman–Crippen LogP) is 3.20. The second-order valence-electron chi connectivity index (χ2n) is 6.85. The fraction of sp³-hybridized carbons (Fsp3) is 0.238. The van der Waals surface area contributed by atoms with Crippen LogP contribution >= 0.6 is 0 Å². The lowest BCUT2D eigenvalue weighted by molar-refractivity contribution is -0.134. The zero-order valence-corrected chi connectivity index (χ0v) is 16.6. The fourth-order valence-electron chi connectivity index (χ4n) is 2.96. The van der Waals surface area contributed by atoms with Gasteiger partial charge in [0.15, 0.2) is 11.6 Å². The van der Waals surface area contributed by atoms with Gasteiger partial charge >= 0.3 is 5.97 Å². The minimum atomic E-state index is -0.494. The Morgan fingerprint density at radius 3 is 2.77 bits per heavy atom. The normalized spacial score (nSPS) is 13.4. The molecule has 1 N–H and O–H groups in total. The molecule has 1 aliphatic rings. The Kier molecular flexibility index (Phi) is 5.34. The van der Waals surface area contributed by atoms with Crippen molar-refractivity contribution < 1.29 is 14.3 Å². The lowest BCUT2D eigenvalue weighted by Crippen LogP contribution is -2.11. The Bertz CT molecular complexity index is 1120. The van der Waals surface area contributed by atoms with E-state index in [0.717, 1.165) is 18.5 Å². The second-order valence-corrected chi connectivity index (χ2v) is 6.85. The van der Waals surface area contributed by atoms with Crippen LogP contribution in [0.15, 0.2) is 42.7 Å². The van der Waals surface area contributed by atoms with E-state index in [2.05, 4.69) is 30.1 Å². The third kappa shape index (κ3) is 4.24. The maximum Gasteiger partial charge on any atom is 0.330 e. The predicted molar refractivity (Wildman–Crippen MR) is 110 cm³/mol. The third-order valence-electron chi connectivity index (χ3n) is 4.59. The van der Waals surface area contributed by atoms with E-state index >= 15 is 0 Å². The van der Waals surface area contributed by atoms with Gasteiger partial charge < -0.3 is 10.1 Å². The van der Waals surface area contributed by atoms with Crippen LogP contribution in [0.25, 0.3) is 17.6 Å². The molecule has 9 nitrogen and oxygen atoms in total. The smallest absolute Gasteiger partial charge is 0.330 e. The first-order chi connectivity index (χ1) is 14.5. The quantitative estimate of drug-likeness (QED) is 0.492. The number of esters is 1. The third-order valence-corrected chi connectivity index (χ3v) is 4.59. The Labute approximate surface area is 172 Å². The summed E-state index contributed by atoms with van der Waals surface area (Å²) in [6.45, 7) is 1.48. The van der Waals surface area contributed by atoms with Gasteiger partial charge in [-0.15, -0.1) is 5.10 Å². The van der Waals surface area contributed by atoms with Crippen molar-refractivity contribution in [2.75, 3.05) is 12.4 Å². The molecule has 0 unspecified atom stereocenters. The number of ether oxygens (including phenoxy) is 1. The summed E-state index contributed by atoms with van der Waals surface area (Å²) >= 11 is 0.